The van der Waals surface area contributed by atoms with Crippen molar-refractivity contribution in [2.24, 2.45) is 5.73 Å². The largest absolute Gasteiger partial charge is 0.328 e. The van der Waals surface area contributed by atoms with Crippen molar-refractivity contribution in [2.75, 3.05) is 6.54 Å². The van der Waals surface area contributed by atoms with Crippen LogP contribution in [0.15, 0.2) is 6.07 Å². The van der Waals surface area contributed by atoms with Crippen LogP contribution in [0.4, 0.5) is 0 Å². The van der Waals surface area contributed by atoms with Crippen molar-refractivity contribution >= 4 is 11.6 Å². The van der Waals surface area contributed by atoms with Gasteiger partial charge in [-0.15, -0.1) is 0 Å². The van der Waals surface area contributed by atoms with Crippen LogP contribution < -0.4 is 5.73 Å². The standard InChI is InChI=1S/C14H23ClN4/c1-3-19(12-6-4-11(16)5-7-12)9-14-17-10(2)8-13(15)18-14/h8,11-12H,3-7,9,16H2,1-2H3. The van der Waals surface area contributed by atoms with Crippen LogP contribution in [-0.4, -0.2) is 33.5 Å². The van der Waals surface area contributed by atoms with E-state index < -0.39 is 0 Å². The summed E-state index contributed by atoms with van der Waals surface area (Å²) >= 11 is 6.00. The topological polar surface area (TPSA) is 55.0 Å². The molecule has 0 radical (unpaired) electrons. The number of hydrogen-bond acceptors (Lipinski definition) is 4. The second-order valence-electron chi connectivity index (χ2n) is 5.38. The van der Waals surface area contributed by atoms with E-state index in [-0.39, 0.29) is 0 Å². The van der Waals surface area contributed by atoms with Crippen molar-refractivity contribution in [3.63, 3.8) is 0 Å². The Hall–Kier alpha value is -0.710. The minimum Gasteiger partial charge on any atom is -0.328 e. The lowest BCUT2D eigenvalue weighted by Crippen LogP contribution is -2.40. The van der Waals surface area contributed by atoms with Gasteiger partial charge in [0.05, 0.1) is 6.54 Å². The fraction of sp³-hybridized carbons (Fsp3) is 0.714. The van der Waals surface area contributed by atoms with Gasteiger partial charge in [0.1, 0.15) is 11.0 Å². The Morgan fingerprint density at radius 2 is 2.00 bits per heavy atom. The first-order valence-corrected chi connectivity index (χ1v) is 7.46. The van der Waals surface area contributed by atoms with Gasteiger partial charge in [0.2, 0.25) is 0 Å². The van der Waals surface area contributed by atoms with Gasteiger partial charge in [-0.3, -0.25) is 4.90 Å². The van der Waals surface area contributed by atoms with Gasteiger partial charge in [-0.25, -0.2) is 9.97 Å². The molecule has 1 saturated carbocycles. The third-order valence-electron chi connectivity index (χ3n) is 3.88. The zero-order valence-corrected chi connectivity index (χ0v) is 12.5. The third-order valence-corrected chi connectivity index (χ3v) is 4.07. The highest BCUT2D eigenvalue weighted by Gasteiger charge is 2.24. The Balaban J connectivity index is 2.02. The highest BCUT2D eigenvalue weighted by atomic mass is 35.5. The van der Waals surface area contributed by atoms with E-state index in [1.165, 1.54) is 12.8 Å². The van der Waals surface area contributed by atoms with Crippen LogP contribution in [0, 0.1) is 6.92 Å². The Morgan fingerprint density at radius 3 is 2.58 bits per heavy atom. The van der Waals surface area contributed by atoms with Crippen molar-refractivity contribution in [1.82, 2.24) is 14.9 Å². The summed E-state index contributed by atoms with van der Waals surface area (Å²) in [7, 11) is 0. The molecule has 0 bridgehead atoms. The number of halogens is 1. The van der Waals surface area contributed by atoms with Crippen molar-refractivity contribution in [2.45, 2.75) is 58.2 Å². The van der Waals surface area contributed by atoms with E-state index in [1.54, 1.807) is 6.07 Å². The van der Waals surface area contributed by atoms with Crippen LogP contribution in [0.2, 0.25) is 5.15 Å². The van der Waals surface area contributed by atoms with Gasteiger partial charge < -0.3 is 5.73 Å². The molecule has 0 aliphatic heterocycles. The SMILES string of the molecule is CCN(Cc1nc(C)cc(Cl)n1)C1CCC(N)CC1. The van der Waals surface area contributed by atoms with Crippen molar-refractivity contribution < 1.29 is 0 Å². The summed E-state index contributed by atoms with van der Waals surface area (Å²) < 4.78 is 0. The maximum absolute atomic E-state index is 6.00. The molecule has 2 N–H and O–H groups in total. The number of nitrogens with zero attached hydrogens (tertiary/aromatic N) is 3. The summed E-state index contributed by atoms with van der Waals surface area (Å²) in [6.07, 6.45) is 4.59. The minimum absolute atomic E-state index is 0.389. The van der Waals surface area contributed by atoms with Crippen LogP contribution in [0.1, 0.15) is 44.1 Å². The molecule has 5 heteroatoms. The molecule has 1 aliphatic rings. The number of nitrogens with two attached hydrogens (primary N) is 1. The molecule has 106 valence electrons. The molecule has 1 fully saturated rings. The highest BCUT2D eigenvalue weighted by molar-refractivity contribution is 6.29. The summed E-state index contributed by atoms with van der Waals surface area (Å²) in [4.78, 5) is 11.2. The van der Waals surface area contributed by atoms with Crippen LogP contribution in [0.25, 0.3) is 0 Å². The molecular weight excluding hydrogens is 260 g/mol. The fourth-order valence-electron chi connectivity index (χ4n) is 2.81. The fourth-order valence-corrected chi connectivity index (χ4v) is 3.06. The molecule has 0 saturated heterocycles. The van der Waals surface area contributed by atoms with Gasteiger partial charge >= 0.3 is 0 Å². The number of aromatic nitrogens is 2. The van der Waals surface area contributed by atoms with E-state index in [9.17, 15) is 0 Å². The summed E-state index contributed by atoms with van der Waals surface area (Å²) in [6, 6.07) is 2.79. The Bertz CT molecular complexity index is 396. The third kappa shape index (κ3) is 4.13. The van der Waals surface area contributed by atoms with Crippen molar-refractivity contribution in [3.8, 4) is 0 Å². The minimum atomic E-state index is 0.389. The Kier molecular flexibility index (Phi) is 5.13. The van der Waals surface area contributed by atoms with E-state index in [2.05, 4.69) is 21.8 Å². The Morgan fingerprint density at radius 1 is 1.32 bits per heavy atom. The van der Waals surface area contributed by atoms with Gasteiger partial charge in [0, 0.05) is 17.8 Å². The molecular formula is C14H23ClN4. The van der Waals surface area contributed by atoms with E-state index in [1.807, 2.05) is 6.92 Å². The van der Waals surface area contributed by atoms with Crippen LogP contribution in [0.3, 0.4) is 0 Å². The molecule has 1 heterocycles. The molecule has 4 nitrogen and oxygen atoms in total. The lowest BCUT2D eigenvalue weighted by Gasteiger charge is -2.35. The summed E-state index contributed by atoms with van der Waals surface area (Å²) in [5.74, 6) is 0.821. The highest BCUT2D eigenvalue weighted by Crippen LogP contribution is 2.23. The molecule has 1 aromatic heterocycles. The maximum Gasteiger partial charge on any atom is 0.144 e. The van der Waals surface area contributed by atoms with Gasteiger partial charge in [-0.2, -0.15) is 0 Å². The zero-order valence-electron chi connectivity index (χ0n) is 11.8. The number of hydrogen-bond donors (Lipinski definition) is 1. The molecule has 19 heavy (non-hydrogen) atoms. The van der Waals surface area contributed by atoms with Gasteiger partial charge in [-0.05, 0) is 45.2 Å². The molecule has 1 aromatic rings. The second-order valence-corrected chi connectivity index (χ2v) is 5.77. The van der Waals surface area contributed by atoms with Gasteiger partial charge in [-0.1, -0.05) is 18.5 Å². The molecule has 0 aromatic carbocycles. The average Bonchev–Trinajstić information content (AvgIpc) is 2.36. The normalized spacial score (nSPS) is 23.8. The van der Waals surface area contributed by atoms with Crippen LogP contribution >= 0.6 is 11.6 Å². The number of aryl methyl sites for hydroxylation is 1. The second kappa shape index (κ2) is 6.64. The molecule has 2 rings (SSSR count). The van der Waals surface area contributed by atoms with E-state index in [0.29, 0.717) is 17.2 Å². The predicted molar refractivity (Wildman–Crippen MR) is 78.1 cm³/mol. The summed E-state index contributed by atoms with van der Waals surface area (Å²) in [5.41, 5.74) is 6.90. The first-order chi connectivity index (χ1) is 9.08. The monoisotopic (exact) mass is 282 g/mol. The zero-order chi connectivity index (χ0) is 13.8. The molecule has 0 unspecified atom stereocenters. The van der Waals surface area contributed by atoms with Gasteiger partial charge in [0.25, 0.3) is 0 Å². The quantitative estimate of drug-likeness (QED) is 0.862. The maximum atomic E-state index is 6.00. The number of rotatable bonds is 4. The molecule has 1 aliphatic carbocycles. The van der Waals surface area contributed by atoms with E-state index >= 15 is 0 Å². The summed E-state index contributed by atoms with van der Waals surface area (Å²) in [5, 5.41) is 0.532. The van der Waals surface area contributed by atoms with Crippen LogP contribution in [0.5, 0.6) is 0 Å². The Labute approximate surface area is 120 Å². The van der Waals surface area contributed by atoms with Crippen molar-refractivity contribution in [3.05, 3.63) is 22.7 Å². The average molecular weight is 283 g/mol. The van der Waals surface area contributed by atoms with E-state index in [4.69, 9.17) is 17.3 Å². The van der Waals surface area contributed by atoms with Gasteiger partial charge in [0.15, 0.2) is 0 Å². The van der Waals surface area contributed by atoms with E-state index in [0.717, 1.165) is 37.4 Å². The molecule has 0 amide bonds. The lowest BCUT2D eigenvalue weighted by molar-refractivity contribution is 0.146. The molecule has 0 spiro atoms. The first kappa shape index (κ1) is 14.7. The predicted octanol–water partition coefficient (Wildman–Crippen LogP) is 2.53. The van der Waals surface area contributed by atoms with Crippen LogP contribution in [-0.2, 0) is 6.54 Å². The van der Waals surface area contributed by atoms with Crippen molar-refractivity contribution in [1.29, 1.82) is 0 Å². The first-order valence-electron chi connectivity index (χ1n) is 7.08. The summed E-state index contributed by atoms with van der Waals surface area (Å²) in [6.45, 7) is 5.92. The lowest BCUT2D eigenvalue weighted by atomic mass is 9.91. The smallest absolute Gasteiger partial charge is 0.144 e. The molecule has 0 atom stereocenters.